The topological polar surface area (TPSA) is 72.2 Å². The summed E-state index contributed by atoms with van der Waals surface area (Å²) in [7, 11) is 0. The smallest absolute Gasteiger partial charge is 0.282 e. The Hall–Kier alpha value is -1.62. The number of nitrogens with zero attached hydrogens (tertiary/aromatic N) is 1. The molecule has 0 bridgehead atoms. The highest BCUT2D eigenvalue weighted by Gasteiger charge is 2.42. The molecule has 5 nitrogen and oxygen atoms in total. The first-order valence-corrected chi connectivity index (χ1v) is 6.60. The number of nitrogens with one attached hydrogen (secondary N) is 1. The molecule has 19 heavy (non-hydrogen) atoms. The Morgan fingerprint density at radius 3 is 2.74 bits per heavy atom. The third-order valence-electron chi connectivity index (χ3n) is 3.46. The van der Waals surface area contributed by atoms with Crippen LogP contribution in [0.4, 0.5) is 5.69 Å². The minimum absolute atomic E-state index is 0.00415. The van der Waals surface area contributed by atoms with Crippen molar-refractivity contribution in [3.63, 3.8) is 0 Å². The number of carbonyl (C=O) groups is 1. The van der Waals surface area contributed by atoms with Crippen LogP contribution < -0.4 is 5.32 Å². The fourth-order valence-electron chi connectivity index (χ4n) is 1.89. The zero-order chi connectivity index (χ0) is 14.0. The maximum Gasteiger partial charge on any atom is 0.282 e. The average Bonchev–Trinajstić information content (AvgIpc) is 3.16. The maximum absolute atomic E-state index is 12.1. The molecule has 1 N–H and O–H groups in total. The summed E-state index contributed by atoms with van der Waals surface area (Å²) in [5.41, 5.74) is 0.749. The number of aryl methyl sites for hydroxylation is 1. The molecular formula is C13H15ClN2O3. The highest BCUT2D eigenvalue weighted by molar-refractivity contribution is 6.18. The number of benzene rings is 1. The lowest BCUT2D eigenvalue weighted by Crippen LogP contribution is -2.31. The predicted molar refractivity (Wildman–Crippen MR) is 72.6 cm³/mol. The highest BCUT2D eigenvalue weighted by Crippen LogP contribution is 2.45. The second-order valence-corrected chi connectivity index (χ2v) is 5.36. The normalized spacial score (nSPS) is 15.9. The van der Waals surface area contributed by atoms with Crippen LogP contribution in [0.3, 0.4) is 0 Å². The van der Waals surface area contributed by atoms with E-state index in [1.54, 1.807) is 13.0 Å². The summed E-state index contributed by atoms with van der Waals surface area (Å²) in [5, 5.41) is 13.7. The Balaban J connectivity index is 2.14. The van der Waals surface area contributed by atoms with Gasteiger partial charge in [-0.2, -0.15) is 0 Å². The van der Waals surface area contributed by atoms with E-state index in [0.717, 1.165) is 18.4 Å². The number of amides is 1. The van der Waals surface area contributed by atoms with Crippen molar-refractivity contribution < 1.29 is 9.72 Å². The van der Waals surface area contributed by atoms with Crippen molar-refractivity contribution in [2.75, 3.05) is 12.4 Å². The molecule has 0 radical (unpaired) electrons. The van der Waals surface area contributed by atoms with Gasteiger partial charge in [-0.05, 0) is 31.4 Å². The SMILES string of the molecule is Cc1ccc([N+](=O)[O-])c(C(=O)NCC2(CCl)CC2)c1. The van der Waals surface area contributed by atoms with Crippen LogP contribution in [0, 0.1) is 22.5 Å². The maximum atomic E-state index is 12.1. The Morgan fingerprint density at radius 1 is 1.53 bits per heavy atom. The molecule has 0 unspecified atom stereocenters. The Kier molecular flexibility index (Phi) is 3.75. The van der Waals surface area contributed by atoms with Crippen LogP contribution in [-0.2, 0) is 0 Å². The van der Waals surface area contributed by atoms with E-state index in [4.69, 9.17) is 11.6 Å². The van der Waals surface area contributed by atoms with Crippen LogP contribution in [0.15, 0.2) is 18.2 Å². The van der Waals surface area contributed by atoms with E-state index in [0.29, 0.717) is 12.4 Å². The van der Waals surface area contributed by atoms with Crippen molar-refractivity contribution in [3.05, 3.63) is 39.4 Å². The van der Waals surface area contributed by atoms with Gasteiger partial charge in [0.15, 0.2) is 0 Å². The molecule has 0 saturated heterocycles. The lowest BCUT2D eigenvalue weighted by molar-refractivity contribution is -0.385. The van der Waals surface area contributed by atoms with Gasteiger partial charge in [-0.15, -0.1) is 11.6 Å². The summed E-state index contributed by atoms with van der Waals surface area (Å²) < 4.78 is 0. The van der Waals surface area contributed by atoms with Gasteiger partial charge in [0.2, 0.25) is 0 Å². The van der Waals surface area contributed by atoms with E-state index >= 15 is 0 Å². The molecule has 1 aliphatic rings. The quantitative estimate of drug-likeness (QED) is 0.513. The van der Waals surface area contributed by atoms with Crippen molar-refractivity contribution in [1.29, 1.82) is 0 Å². The van der Waals surface area contributed by atoms with Crippen molar-refractivity contribution in [1.82, 2.24) is 5.32 Å². The second-order valence-electron chi connectivity index (χ2n) is 5.09. The Bertz CT molecular complexity index is 527. The molecule has 2 rings (SSSR count). The van der Waals surface area contributed by atoms with Crippen LogP contribution in [-0.4, -0.2) is 23.3 Å². The molecule has 6 heteroatoms. The van der Waals surface area contributed by atoms with E-state index in [2.05, 4.69) is 5.32 Å². The summed E-state index contributed by atoms with van der Waals surface area (Å²) in [5.74, 6) is 0.0928. The molecule has 0 aromatic heterocycles. The molecule has 102 valence electrons. The molecule has 1 amide bonds. The van der Waals surface area contributed by atoms with E-state index in [1.807, 2.05) is 0 Å². The number of alkyl halides is 1. The van der Waals surface area contributed by atoms with Gasteiger partial charge in [-0.1, -0.05) is 6.07 Å². The van der Waals surface area contributed by atoms with E-state index in [-0.39, 0.29) is 16.7 Å². The number of rotatable bonds is 5. The van der Waals surface area contributed by atoms with Gasteiger partial charge in [-0.25, -0.2) is 0 Å². The van der Waals surface area contributed by atoms with Gasteiger partial charge in [0.25, 0.3) is 11.6 Å². The molecule has 0 aliphatic heterocycles. The zero-order valence-electron chi connectivity index (χ0n) is 10.6. The molecule has 1 saturated carbocycles. The summed E-state index contributed by atoms with van der Waals surface area (Å²) in [6.45, 7) is 2.27. The summed E-state index contributed by atoms with van der Waals surface area (Å²) in [6.07, 6.45) is 1.99. The molecule has 0 spiro atoms. The Morgan fingerprint density at radius 2 is 2.21 bits per heavy atom. The van der Waals surface area contributed by atoms with Crippen molar-refractivity contribution >= 4 is 23.2 Å². The number of nitro groups is 1. The third kappa shape index (κ3) is 3.04. The van der Waals surface area contributed by atoms with Crippen LogP contribution in [0.25, 0.3) is 0 Å². The monoisotopic (exact) mass is 282 g/mol. The molecular weight excluding hydrogens is 268 g/mol. The minimum atomic E-state index is -0.539. The van der Waals surface area contributed by atoms with Crippen molar-refractivity contribution in [2.45, 2.75) is 19.8 Å². The van der Waals surface area contributed by atoms with Crippen LogP contribution in [0.1, 0.15) is 28.8 Å². The van der Waals surface area contributed by atoms with Gasteiger partial charge in [-0.3, -0.25) is 14.9 Å². The van der Waals surface area contributed by atoms with E-state index in [1.165, 1.54) is 12.1 Å². The summed E-state index contributed by atoms with van der Waals surface area (Å²) in [4.78, 5) is 22.4. The lowest BCUT2D eigenvalue weighted by Gasteiger charge is -2.12. The first-order valence-electron chi connectivity index (χ1n) is 6.07. The molecule has 1 aromatic rings. The van der Waals surface area contributed by atoms with Gasteiger partial charge in [0.05, 0.1) is 4.92 Å². The lowest BCUT2D eigenvalue weighted by atomic mass is 10.1. The summed E-state index contributed by atoms with van der Waals surface area (Å²) in [6, 6.07) is 4.52. The van der Waals surface area contributed by atoms with Crippen LogP contribution in [0.2, 0.25) is 0 Å². The predicted octanol–water partition coefficient (Wildman–Crippen LogP) is 2.65. The number of nitro benzene ring substituents is 1. The van der Waals surface area contributed by atoms with Gasteiger partial charge in [0.1, 0.15) is 5.56 Å². The molecule has 1 aliphatic carbocycles. The van der Waals surface area contributed by atoms with Crippen LogP contribution in [0.5, 0.6) is 0 Å². The molecule has 0 heterocycles. The van der Waals surface area contributed by atoms with Crippen molar-refractivity contribution in [3.8, 4) is 0 Å². The Labute approximate surface area is 116 Å². The van der Waals surface area contributed by atoms with E-state index < -0.39 is 10.8 Å². The molecule has 1 fully saturated rings. The standard InChI is InChI=1S/C13H15ClN2O3/c1-9-2-3-11(16(18)19)10(6-9)12(17)15-8-13(7-14)4-5-13/h2-3,6H,4-5,7-8H2,1H3,(H,15,17). The number of halogens is 1. The van der Waals surface area contributed by atoms with Crippen molar-refractivity contribution in [2.24, 2.45) is 5.41 Å². The van der Waals surface area contributed by atoms with E-state index in [9.17, 15) is 14.9 Å². The first-order chi connectivity index (χ1) is 8.97. The number of hydrogen-bond acceptors (Lipinski definition) is 3. The number of carbonyl (C=O) groups excluding carboxylic acids is 1. The van der Waals surface area contributed by atoms with Crippen LogP contribution >= 0.6 is 11.6 Å². The average molecular weight is 283 g/mol. The summed E-state index contributed by atoms with van der Waals surface area (Å²) >= 11 is 5.83. The van der Waals surface area contributed by atoms with Gasteiger partial charge in [0, 0.05) is 23.9 Å². The largest absolute Gasteiger partial charge is 0.351 e. The zero-order valence-corrected chi connectivity index (χ0v) is 11.4. The highest BCUT2D eigenvalue weighted by atomic mass is 35.5. The fourth-order valence-corrected chi connectivity index (χ4v) is 2.25. The number of hydrogen-bond donors (Lipinski definition) is 1. The third-order valence-corrected chi connectivity index (χ3v) is 4.02. The molecule has 1 aromatic carbocycles. The fraction of sp³-hybridized carbons (Fsp3) is 0.462. The minimum Gasteiger partial charge on any atom is -0.351 e. The van der Waals surface area contributed by atoms with Gasteiger partial charge < -0.3 is 5.32 Å². The first kappa shape index (κ1) is 13.8. The van der Waals surface area contributed by atoms with Gasteiger partial charge >= 0.3 is 0 Å². The molecule has 0 atom stereocenters. The second kappa shape index (κ2) is 5.17.